The highest BCUT2D eigenvalue weighted by Crippen LogP contribution is 2.23. The Bertz CT molecular complexity index is 1040. The van der Waals surface area contributed by atoms with E-state index in [0.29, 0.717) is 36.8 Å². The lowest BCUT2D eigenvalue weighted by Gasteiger charge is -2.32. The van der Waals surface area contributed by atoms with Gasteiger partial charge in [-0.05, 0) is 55.2 Å². The minimum absolute atomic E-state index is 0.0124. The van der Waals surface area contributed by atoms with E-state index in [1.807, 2.05) is 19.9 Å². The minimum atomic E-state index is -3.74. The van der Waals surface area contributed by atoms with Crippen molar-refractivity contribution in [2.24, 2.45) is 11.8 Å². The van der Waals surface area contributed by atoms with Crippen molar-refractivity contribution in [3.8, 4) is 0 Å². The molecule has 0 spiro atoms. The van der Waals surface area contributed by atoms with Gasteiger partial charge in [0.05, 0.1) is 16.5 Å². The molecule has 2 amide bonds. The van der Waals surface area contributed by atoms with E-state index in [9.17, 15) is 18.0 Å². The highest BCUT2D eigenvalue weighted by molar-refractivity contribution is 7.92. The average Bonchev–Trinajstić information content (AvgIpc) is 2.82. The number of nitrogens with one attached hydrogen (secondary N) is 1. The lowest BCUT2D eigenvalue weighted by Crippen LogP contribution is -2.46. The number of carbonyl (C=O) groups excluding carboxylic acids is 2. The topological polar surface area (TPSA) is 86.8 Å². The van der Waals surface area contributed by atoms with Gasteiger partial charge in [0.25, 0.3) is 15.9 Å². The fourth-order valence-electron chi connectivity index (χ4n) is 3.71. The van der Waals surface area contributed by atoms with E-state index in [1.165, 1.54) is 35.6 Å². The third kappa shape index (κ3) is 5.48. The summed E-state index contributed by atoms with van der Waals surface area (Å²) in [6, 6.07) is 14.8. The Morgan fingerprint density at radius 3 is 2.38 bits per heavy atom. The Morgan fingerprint density at radius 2 is 1.75 bits per heavy atom. The van der Waals surface area contributed by atoms with E-state index < -0.39 is 10.0 Å². The predicted molar refractivity (Wildman–Crippen MR) is 125 cm³/mol. The predicted octanol–water partition coefficient (Wildman–Crippen LogP) is 3.14. The monoisotopic (exact) mass is 457 g/mol. The van der Waals surface area contributed by atoms with Crippen LogP contribution in [0.15, 0.2) is 59.5 Å². The smallest absolute Gasteiger partial charge is 0.264 e. The molecule has 1 aliphatic rings. The van der Waals surface area contributed by atoms with Crippen LogP contribution >= 0.6 is 0 Å². The highest BCUT2D eigenvalue weighted by atomic mass is 32.2. The first-order valence-electron chi connectivity index (χ1n) is 10.9. The van der Waals surface area contributed by atoms with Crippen molar-refractivity contribution in [2.45, 2.75) is 31.6 Å². The van der Waals surface area contributed by atoms with Crippen LogP contribution in [0.5, 0.6) is 0 Å². The summed E-state index contributed by atoms with van der Waals surface area (Å²) < 4.78 is 27.1. The molecule has 1 saturated heterocycles. The quantitative estimate of drug-likeness (QED) is 0.692. The van der Waals surface area contributed by atoms with E-state index >= 15 is 0 Å². The van der Waals surface area contributed by atoms with Gasteiger partial charge < -0.3 is 10.2 Å². The maximum absolute atomic E-state index is 13.0. The first-order chi connectivity index (χ1) is 15.2. The summed E-state index contributed by atoms with van der Waals surface area (Å²) >= 11 is 0. The zero-order chi connectivity index (χ0) is 23.3. The van der Waals surface area contributed by atoms with Crippen LogP contribution in [0.1, 0.15) is 37.0 Å². The van der Waals surface area contributed by atoms with Gasteiger partial charge in [0.2, 0.25) is 5.91 Å². The molecular formula is C24H31N3O4S. The van der Waals surface area contributed by atoms with Crippen LogP contribution in [0, 0.1) is 11.8 Å². The standard InChI is InChI=1S/C24H31N3O4S/c1-18(2)16-25-23(28)20-8-7-15-27(17-20)24(29)19-11-13-22(14-12-19)32(30,31)26(3)21-9-5-4-6-10-21/h4-6,9-14,18,20H,7-8,15-17H2,1-3H3,(H,25,28). The number of hydrogen-bond donors (Lipinski definition) is 1. The van der Waals surface area contributed by atoms with E-state index in [0.717, 1.165) is 12.8 Å². The van der Waals surface area contributed by atoms with Crippen molar-refractivity contribution in [1.29, 1.82) is 0 Å². The van der Waals surface area contributed by atoms with Gasteiger partial charge in [-0.3, -0.25) is 13.9 Å². The third-order valence-corrected chi connectivity index (χ3v) is 7.44. The molecule has 1 fully saturated rings. The van der Waals surface area contributed by atoms with Crippen LogP contribution in [0.4, 0.5) is 5.69 Å². The molecule has 0 bridgehead atoms. The maximum Gasteiger partial charge on any atom is 0.264 e. The second kappa shape index (κ2) is 10.2. The normalized spacial score (nSPS) is 16.6. The summed E-state index contributed by atoms with van der Waals surface area (Å²) in [4.78, 5) is 27.2. The molecule has 1 aliphatic heterocycles. The summed E-state index contributed by atoms with van der Waals surface area (Å²) in [5.41, 5.74) is 0.970. The van der Waals surface area contributed by atoms with Gasteiger partial charge >= 0.3 is 0 Å². The Labute approximate surface area is 190 Å². The molecule has 3 rings (SSSR count). The number of likely N-dealkylation sites (tertiary alicyclic amines) is 1. The number of nitrogens with zero attached hydrogens (tertiary/aromatic N) is 2. The number of hydrogen-bond acceptors (Lipinski definition) is 4. The number of anilines is 1. The van der Waals surface area contributed by atoms with E-state index in [2.05, 4.69) is 5.32 Å². The van der Waals surface area contributed by atoms with Gasteiger partial charge in [-0.25, -0.2) is 8.42 Å². The Morgan fingerprint density at radius 1 is 1.09 bits per heavy atom. The molecule has 32 heavy (non-hydrogen) atoms. The largest absolute Gasteiger partial charge is 0.356 e. The molecule has 1 N–H and O–H groups in total. The first-order valence-corrected chi connectivity index (χ1v) is 12.3. The van der Waals surface area contributed by atoms with E-state index in [1.54, 1.807) is 29.2 Å². The maximum atomic E-state index is 13.0. The molecule has 0 aromatic heterocycles. The van der Waals surface area contributed by atoms with Crippen molar-refractivity contribution in [3.63, 3.8) is 0 Å². The van der Waals surface area contributed by atoms with Crippen LogP contribution in [-0.4, -0.2) is 51.8 Å². The number of para-hydroxylation sites is 1. The van der Waals surface area contributed by atoms with Crippen molar-refractivity contribution < 1.29 is 18.0 Å². The molecule has 8 heteroatoms. The zero-order valence-electron chi connectivity index (χ0n) is 18.8. The van der Waals surface area contributed by atoms with Crippen molar-refractivity contribution in [2.75, 3.05) is 31.0 Å². The lowest BCUT2D eigenvalue weighted by atomic mass is 9.96. The van der Waals surface area contributed by atoms with Gasteiger partial charge in [-0.15, -0.1) is 0 Å². The Hall–Kier alpha value is -2.87. The molecule has 1 atom stereocenters. The third-order valence-electron chi connectivity index (χ3n) is 5.64. The lowest BCUT2D eigenvalue weighted by molar-refractivity contribution is -0.126. The molecule has 1 unspecified atom stereocenters. The van der Waals surface area contributed by atoms with E-state index in [-0.39, 0.29) is 22.6 Å². The zero-order valence-corrected chi connectivity index (χ0v) is 19.6. The van der Waals surface area contributed by atoms with Crippen LogP contribution in [0.25, 0.3) is 0 Å². The summed E-state index contributed by atoms with van der Waals surface area (Å²) in [5.74, 6) is -0.0464. The Balaban J connectivity index is 1.69. The molecule has 7 nitrogen and oxygen atoms in total. The highest BCUT2D eigenvalue weighted by Gasteiger charge is 2.29. The van der Waals surface area contributed by atoms with Crippen molar-refractivity contribution in [1.82, 2.24) is 10.2 Å². The van der Waals surface area contributed by atoms with Crippen LogP contribution in [0.3, 0.4) is 0 Å². The molecule has 172 valence electrons. The second-order valence-corrected chi connectivity index (χ2v) is 10.5. The number of amides is 2. The molecule has 2 aromatic rings. The van der Waals surface area contributed by atoms with Crippen molar-refractivity contribution in [3.05, 3.63) is 60.2 Å². The van der Waals surface area contributed by atoms with Gasteiger partial charge in [0.15, 0.2) is 0 Å². The van der Waals surface area contributed by atoms with Gasteiger partial charge in [0, 0.05) is 32.2 Å². The molecule has 0 aliphatic carbocycles. The van der Waals surface area contributed by atoms with E-state index in [4.69, 9.17) is 0 Å². The number of rotatable bonds is 7. The summed E-state index contributed by atoms with van der Waals surface area (Å²) in [7, 11) is -2.24. The first kappa shape index (κ1) is 23.8. The number of sulfonamides is 1. The number of piperidine rings is 1. The van der Waals surface area contributed by atoms with Crippen LogP contribution in [0.2, 0.25) is 0 Å². The van der Waals surface area contributed by atoms with Gasteiger partial charge in [-0.2, -0.15) is 0 Å². The molecule has 0 saturated carbocycles. The van der Waals surface area contributed by atoms with Gasteiger partial charge in [-0.1, -0.05) is 32.0 Å². The second-order valence-electron chi connectivity index (χ2n) is 8.56. The SMILES string of the molecule is CC(C)CNC(=O)C1CCCN(C(=O)c2ccc(S(=O)(=O)N(C)c3ccccc3)cc2)C1. The molecule has 0 radical (unpaired) electrons. The fourth-order valence-corrected chi connectivity index (χ4v) is 4.91. The van der Waals surface area contributed by atoms with Crippen LogP contribution in [-0.2, 0) is 14.8 Å². The Kier molecular flexibility index (Phi) is 7.56. The summed E-state index contributed by atoms with van der Waals surface area (Å²) in [5, 5.41) is 2.95. The molecular weight excluding hydrogens is 426 g/mol. The minimum Gasteiger partial charge on any atom is -0.356 e. The number of carbonyl (C=O) groups is 2. The summed E-state index contributed by atoms with van der Waals surface area (Å²) in [6.07, 6.45) is 1.52. The van der Waals surface area contributed by atoms with Crippen molar-refractivity contribution >= 4 is 27.5 Å². The molecule has 1 heterocycles. The average molecular weight is 458 g/mol. The van der Waals surface area contributed by atoms with Gasteiger partial charge in [0.1, 0.15) is 0 Å². The molecule has 2 aromatic carbocycles. The number of benzene rings is 2. The fraction of sp³-hybridized carbons (Fsp3) is 0.417. The van der Waals surface area contributed by atoms with Crippen LogP contribution < -0.4 is 9.62 Å². The summed E-state index contributed by atoms with van der Waals surface area (Å²) in [6.45, 7) is 5.66.